The molecule has 7 heteroatoms. The maximum Gasteiger partial charge on any atom is 0.308 e. The Kier molecular flexibility index (Phi) is 6.97. The molecular weight excluding hydrogens is 456 g/mol. The van der Waals surface area contributed by atoms with Gasteiger partial charge in [0.2, 0.25) is 0 Å². The lowest BCUT2D eigenvalue weighted by Crippen LogP contribution is -2.51. The van der Waals surface area contributed by atoms with Crippen LogP contribution >= 0.6 is 0 Å². The van der Waals surface area contributed by atoms with E-state index in [0.717, 1.165) is 29.4 Å². The van der Waals surface area contributed by atoms with Crippen molar-refractivity contribution in [1.29, 1.82) is 0 Å². The quantitative estimate of drug-likeness (QED) is 0.443. The number of carboxylic acids is 1. The van der Waals surface area contributed by atoms with Crippen molar-refractivity contribution in [3.8, 4) is 5.75 Å². The molecule has 2 heterocycles. The van der Waals surface area contributed by atoms with Gasteiger partial charge in [0.15, 0.2) is 0 Å². The molecule has 1 aliphatic carbocycles. The molecule has 2 aliphatic rings. The summed E-state index contributed by atoms with van der Waals surface area (Å²) >= 11 is 0. The van der Waals surface area contributed by atoms with Crippen molar-refractivity contribution in [3.63, 3.8) is 0 Å². The SMILES string of the molecule is COc1ccc2nccc(C(O)CC[C@@H]3CCN(CC4(O)Cc5ccccc5C4)C[C@@H]3C(=O)O)c2c1. The second-order valence-electron chi connectivity index (χ2n) is 10.5. The summed E-state index contributed by atoms with van der Waals surface area (Å²) in [5.41, 5.74) is 3.08. The second kappa shape index (κ2) is 10.2. The number of likely N-dealkylation sites (tertiary alicyclic amines) is 1. The summed E-state index contributed by atoms with van der Waals surface area (Å²) in [7, 11) is 1.61. The first kappa shape index (κ1) is 24.7. The molecule has 1 saturated heterocycles. The van der Waals surface area contributed by atoms with Gasteiger partial charge in [-0.2, -0.15) is 0 Å². The molecule has 3 N–H and O–H groups in total. The number of fused-ring (bicyclic) bond motifs is 2. The molecule has 1 aromatic heterocycles. The van der Waals surface area contributed by atoms with Crippen LogP contribution < -0.4 is 4.74 Å². The molecule has 5 rings (SSSR count). The summed E-state index contributed by atoms with van der Waals surface area (Å²) in [5.74, 6) is -0.645. The van der Waals surface area contributed by atoms with Crippen LogP contribution in [0.15, 0.2) is 54.7 Å². The molecule has 0 bridgehead atoms. The van der Waals surface area contributed by atoms with E-state index in [4.69, 9.17) is 4.74 Å². The fourth-order valence-corrected chi connectivity index (χ4v) is 6.13. The van der Waals surface area contributed by atoms with Gasteiger partial charge >= 0.3 is 5.97 Å². The van der Waals surface area contributed by atoms with Crippen LogP contribution in [0.5, 0.6) is 5.75 Å². The van der Waals surface area contributed by atoms with E-state index >= 15 is 0 Å². The van der Waals surface area contributed by atoms with Crippen LogP contribution in [0.4, 0.5) is 0 Å². The minimum Gasteiger partial charge on any atom is -0.497 e. The molecule has 1 unspecified atom stereocenters. The Bertz CT molecular complexity index is 1220. The molecule has 1 aliphatic heterocycles. The van der Waals surface area contributed by atoms with E-state index in [2.05, 4.69) is 22.0 Å². The zero-order valence-corrected chi connectivity index (χ0v) is 20.6. The van der Waals surface area contributed by atoms with Crippen LogP contribution in [0, 0.1) is 11.8 Å². The largest absolute Gasteiger partial charge is 0.497 e. The van der Waals surface area contributed by atoms with Crippen LogP contribution in [-0.4, -0.2) is 63.5 Å². The fraction of sp³-hybridized carbons (Fsp3) is 0.448. The first-order valence-electron chi connectivity index (χ1n) is 12.7. The zero-order valence-electron chi connectivity index (χ0n) is 20.6. The predicted molar refractivity (Wildman–Crippen MR) is 137 cm³/mol. The van der Waals surface area contributed by atoms with Gasteiger partial charge in [-0.1, -0.05) is 24.3 Å². The third-order valence-corrected chi connectivity index (χ3v) is 7.98. The summed E-state index contributed by atoms with van der Waals surface area (Å²) in [6.07, 6.45) is 4.03. The number of hydrogen-bond acceptors (Lipinski definition) is 6. The average Bonchev–Trinajstić information content (AvgIpc) is 3.22. The van der Waals surface area contributed by atoms with Crippen LogP contribution in [0.3, 0.4) is 0 Å². The predicted octanol–water partition coefficient (Wildman–Crippen LogP) is 3.61. The number of carboxylic acid groups (broad SMARTS) is 1. The van der Waals surface area contributed by atoms with Gasteiger partial charge in [-0.15, -0.1) is 0 Å². The highest BCUT2D eigenvalue weighted by Crippen LogP contribution is 2.36. The van der Waals surface area contributed by atoms with Crippen LogP contribution in [-0.2, 0) is 17.6 Å². The van der Waals surface area contributed by atoms with Gasteiger partial charge in [0, 0.05) is 37.5 Å². The molecule has 3 aromatic rings. The number of aliphatic hydroxyl groups is 2. The Labute approximate surface area is 211 Å². The normalized spacial score (nSPS) is 22.3. The maximum atomic E-state index is 12.2. The molecule has 7 nitrogen and oxygen atoms in total. The molecule has 0 spiro atoms. The number of pyridine rings is 1. The van der Waals surface area contributed by atoms with Gasteiger partial charge in [-0.3, -0.25) is 14.7 Å². The number of ether oxygens (including phenoxy) is 1. The minimum absolute atomic E-state index is 0.0218. The van der Waals surface area contributed by atoms with E-state index in [1.807, 2.05) is 36.4 Å². The second-order valence-corrected chi connectivity index (χ2v) is 10.5. The van der Waals surface area contributed by atoms with Crippen molar-refractivity contribution >= 4 is 16.9 Å². The average molecular weight is 491 g/mol. The van der Waals surface area contributed by atoms with E-state index in [9.17, 15) is 20.1 Å². The van der Waals surface area contributed by atoms with E-state index < -0.39 is 23.6 Å². The zero-order chi connectivity index (χ0) is 25.3. The Hall–Kier alpha value is -3.00. The summed E-state index contributed by atoms with van der Waals surface area (Å²) in [6.45, 7) is 1.65. The molecule has 2 aromatic carbocycles. The lowest BCUT2D eigenvalue weighted by atomic mass is 9.80. The Morgan fingerprint density at radius 3 is 2.64 bits per heavy atom. The standard InChI is InChI=1S/C29H34N2O5/c1-36-22-7-8-26-24(14-22)23(10-12-30-26)27(32)9-6-19-11-13-31(17-25(19)28(33)34)18-29(35)15-20-4-2-3-5-21(20)16-29/h2-5,7-8,10,12,14,19,25,27,32,35H,6,9,11,13,15-18H2,1H3,(H,33,34)/t19-,25+,27?/m1/s1. The molecule has 0 amide bonds. The maximum absolute atomic E-state index is 12.2. The van der Waals surface area contributed by atoms with Crippen LogP contribution in [0.1, 0.15) is 42.1 Å². The third-order valence-electron chi connectivity index (χ3n) is 7.98. The highest BCUT2D eigenvalue weighted by atomic mass is 16.5. The number of benzene rings is 2. The number of carbonyl (C=O) groups is 1. The number of rotatable bonds is 8. The summed E-state index contributed by atoms with van der Waals surface area (Å²) in [6, 6.07) is 15.5. The van der Waals surface area contributed by atoms with Crippen molar-refractivity contribution in [3.05, 3.63) is 71.4 Å². The van der Waals surface area contributed by atoms with E-state index in [-0.39, 0.29) is 5.92 Å². The highest BCUT2D eigenvalue weighted by molar-refractivity contribution is 5.83. The molecule has 0 radical (unpaired) electrons. The number of β-amino-alcohol motifs (C(OH)–C–C–N with tert-alkyl or cyclic N) is 1. The summed E-state index contributed by atoms with van der Waals surface area (Å²) in [4.78, 5) is 18.7. The van der Waals surface area contributed by atoms with E-state index in [0.29, 0.717) is 44.5 Å². The van der Waals surface area contributed by atoms with Gasteiger partial charge in [-0.25, -0.2) is 0 Å². The van der Waals surface area contributed by atoms with Gasteiger partial charge < -0.3 is 20.1 Å². The number of piperidine rings is 1. The van der Waals surface area contributed by atoms with Crippen molar-refractivity contribution in [2.24, 2.45) is 11.8 Å². The molecule has 1 fully saturated rings. The number of aliphatic carboxylic acids is 1. The van der Waals surface area contributed by atoms with Crippen molar-refractivity contribution < 1.29 is 24.9 Å². The van der Waals surface area contributed by atoms with Gasteiger partial charge in [0.05, 0.1) is 30.2 Å². The number of methoxy groups -OCH3 is 1. The van der Waals surface area contributed by atoms with Crippen molar-refractivity contribution in [2.45, 2.75) is 43.8 Å². The van der Waals surface area contributed by atoms with Crippen LogP contribution in [0.25, 0.3) is 10.9 Å². The van der Waals surface area contributed by atoms with Crippen molar-refractivity contribution in [1.82, 2.24) is 9.88 Å². The number of aliphatic hydroxyl groups excluding tert-OH is 1. The third kappa shape index (κ3) is 5.09. The van der Waals surface area contributed by atoms with E-state index in [1.165, 1.54) is 11.1 Å². The van der Waals surface area contributed by atoms with Gasteiger partial charge in [-0.05, 0) is 72.7 Å². The lowest BCUT2D eigenvalue weighted by molar-refractivity contribution is -0.147. The first-order chi connectivity index (χ1) is 17.3. The highest BCUT2D eigenvalue weighted by Gasteiger charge is 2.40. The number of nitrogens with zero attached hydrogens (tertiary/aromatic N) is 2. The number of aromatic nitrogens is 1. The fourth-order valence-electron chi connectivity index (χ4n) is 6.13. The monoisotopic (exact) mass is 490 g/mol. The summed E-state index contributed by atoms with van der Waals surface area (Å²) < 4.78 is 5.34. The Morgan fingerprint density at radius 2 is 1.94 bits per heavy atom. The Morgan fingerprint density at radius 1 is 1.19 bits per heavy atom. The molecule has 190 valence electrons. The molecular formula is C29H34N2O5. The van der Waals surface area contributed by atoms with Gasteiger partial charge in [0.25, 0.3) is 0 Å². The number of hydrogen-bond donors (Lipinski definition) is 3. The first-order valence-corrected chi connectivity index (χ1v) is 12.7. The summed E-state index contributed by atoms with van der Waals surface area (Å²) in [5, 5.41) is 33.1. The van der Waals surface area contributed by atoms with Crippen molar-refractivity contribution in [2.75, 3.05) is 26.7 Å². The van der Waals surface area contributed by atoms with Crippen LogP contribution in [0.2, 0.25) is 0 Å². The molecule has 0 saturated carbocycles. The topological polar surface area (TPSA) is 103 Å². The van der Waals surface area contributed by atoms with Gasteiger partial charge in [0.1, 0.15) is 5.75 Å². The molecule has 36 heavy (non-hydrogen) atoms. The molecule has 3 atom stereocenters. The smallest absolute Gasteiger partial charge is 0.308 e. The lowest BCUT2D eigenvalue weighted by Gasteiger charge is -2.40. The van der Waals surface area contributed by atoms with E-state index in [1.54, 1.807) is 13.3 Å². The Balaban J connectivity index is 1.22. The minimum atomic E-state index is -0.848.